The van der Waals surface area contributed by atoms with E-state index in [1.54, 1.807) is 24.3 Å². The van der Waals surface area contributed by atoms with Crippen LogP contribution < -0.4 is 5.32 Å². The smallest absolute Gasteiger partial charge is 0.230 e. The van der Waals surface area contributed by atoms with E-state index in [1.807, 2.05) is 18.4 Å². The number of amides is 1. The van der Waals surface area contributed by atoms with Crippen LogP contribution in [0.5, 0.6) is 0 Å². The molecule has 18 heavy (non-hydrogen) atoms. The number of nitrogens with zero attached hydrogens (tertiary/aromatic N) is 2. The lowest BCUT2D eigenvalue weighted by Gasteiger charge is -2.03. The summed E-state index contributed by atoms with van der Waals surface area (Å²) in [6.07, 6.45) is 0.251. The van der Waals surface area contributed by atoms with Crippen molar-refractivity contribution in [2.24, 2.45) is 0 Å². The van der Waals surface area contributed by atoms with Gasteiger partial charge >= 0.3 is 0 Å². The number of carbonyl (C=O) groups is 1. The number of carbonyl (C=O) groups excluding carboxylic acids is 1. The van der Waals surface area contributed by atoms with Gasteiger partial charge in [0.25, 0.3) is 0 Å². The maximum Gasteiger partial charge on any atom is 0.230 e. The quantitative estimate of drug-likeness (QED) is 0.918. The maximum absolute atomic E-state index is 11.8. The van der Waals surface area contributed by atoms with Crippen LogP contribution in [0, 0.1) is 18.3 Å². The molecule has 0 aliphatic carbocycles. The van der Waals surface area contributed by atoms with Gasteiger partial charge in [-0.3, -0.25) is 4.79 Å². The molecule has 0 aliphatic heterocycles. The number of rotatable bonds is 3. The van der Waals surface area contributed by atoms with E-state index in [2.05, 4.69) is 10.3 Å². The molecule has 0 saturated carbocycles. The van der Waals surface area contributed by atoms with Gasteiger partial charge in [0.2, 0.25) is 5.91 Å². The zero-order valence-corrected chi connectivity index (χ0v) is 10.6. The first-order chi connectivity index (χ1) is 8.67. The third-order valence-electron chi connectivity index (χ3n) is 2.28. The minimum absolute atomic E-state index is 0.129. The number of nitrogens with one attached hydrogen (secondary N) is 1. The number of benzene rings is 1. The Bertz CT molecular complexity index is 613. The van der Waals surface area contributed by atoms with Crippen molar-refractivity contribution in [3.8, 4) is 6.07 Å². The molecular formula is C13H11N3OS. The Hall–Kier alpha value is -2.19. The van der Waals surface area contributed by atoms with Crippen molar-refractivity contribution < 1.29 is 4.79 Å². The molecule has 0 atom stereocenters. The molecule has 0 spiro atoms. The summed E-state index contributed by atoms with van der Waals surface area (Å²) in [4.78, 5) is 16.0. The maximum atomic E-state index is 11.8. The molecular weight excluding hydrogens is 246 g/mol. The molecule has 90 valence electrons. The fourth-order valence-corrected chi connectivity index (χ4v) is 2.14. The third-order valence-corrected chi connectivity index (χ3v) is 3.11. The van der Waals surface area contributed by atoms with Crippen molar-refractivity contribution in [1.82, 2.24) is 4.98 Å². The number of nitriles is 1. The molecule has 5 heteroatoms. The molecule has 2 rings (SSSR count). The second kappa shape index (κ2) is 5.43. The van der Waals surface area contributed by atoms with Crippen LogP contribution in [0.1, 0.15) is 16.3 Å². The lowest BCUT2D eigenvalue weighted by molar-refractivity contribution is -0.115. The Labute approximate surface area is 109 Å². The van der Waals surface area contributed by atoms with Crippen molar-refractivity contribution in [3.05, 3.63) is 45.9 Å². The van der Waals surface area contributed by atoms with Gasteiger partial charge in [-0.15, -0.1) is 11.3 Å². The van der Waals surface area contributed by atoms with Gasteiger partial charge in [-0.05, 0) is 25.1 Å². The van der Waals surface area contributed by atoms with Gasteiger partial charge < -0.3 is 5.32 Å². The predicted molar refractivity (Wildman–Crippen MR) is 70.3 cm³/mol. The molecule has 1 N–H and O–H groups in total. The highest BCUT2D eigenvalue weighted by atomic mass is 32.1. The highest BCUT2D eigenvalue weighted by Crippen LogP contribution is 2.12. The van der Waals surface area contributed by atoms with Crippen molar-refractivity contribution in [2.45, 2.75) is 13.3 Å². The standard InChI is InChI=1S/C13H11N3OS/c1-9-15-12(8-18-9)6-13(17)16-11-4-2-3-10(5-11)7-14/h2-5,8H,6H2,1H3,(H,16,17). The second-order valence-corrected chi connectivity index (χ2v) is 4.84. The van der Waals surface area contributed by atoms with E-state index in [1.165, 1.54) is 11.3 Å². The summed E-state index contributed by atoms with van der Waals surface area (Å²) in [5, 5.41) is 14.3. The van der Waals surface area contributed by atoms with E-state index in [-0.39, 0.29) is 12.3 Å². The molecule has 0 aliphatic rings. The Morgan fingerprint density at radius 1 is 1.56 bits per heavy atom. The minimum atomic E-state index is -0.129. The van der Waals surface area contributed by atoms with Crippen molar-refractivity contribution in [2.75, 3.05) is 5.32 Å². The second-order valence-electron chi connectivity index (χ2n) is 3.78. The summed E-state index contributed by atoms with van der Waals surface area (Å²) >= 11 is 1.52. The molecule has 1 aromatic heterocycles. The van der Waals surface area contributed by atoms with Crippen LogP contribution in [-0.2, 0) is 11.2 Å². The summed E-state index contributed by atoms with van der Waals surface area (Å²) in [5.74, 6) is -0.129. The highest BCUT2D eigenvalue weighted by molar-refractivity contribution is 7.09. The van der Waals surface area contributed by atoms with Crippen molar-refractivity contribution >= 4 is 22.9 Å². The van der Waals surface area contributed by atoms with Crippen LogP contribution >= 0.6 is 11.3 Å². The van der Waals surface area contributed by atoms with E-state index in [0.717, 1.165) is 10.7 Å². The number of aromatic nitrogens is 1. The van der Waals surface area contributed by atoms with Crippen molar-refractivity contribution in [3.63, 3.8) is 0 Å². The van der Waals surface area contributed by atoms with Gasteiger partial charge in [0.15, 0.2) is 0 Å². The lowest BCUT2D eigenvalue weighted by Crippen LogP contribution is -2.14. The molecule has 1 amide bonds. The highest BCUT2D eigenvalue weighted by Gasteiger charge is 2.07. The van der Waals surface area contributed by atoms with E-state index >= 15 is 0 Å². The van der Waals surface area contributed by atoms with Gasteiger partial charge in [-0.1, -0.05) is 6.07 Å². The Morgan fingerprint density at radius 3 is 3.06 bits per heavy atom. The monoisotopic (exact) mass is 257 g/mol. The zero-order chi connectivity index (χ0) is 13.0. The van der Waals surface area contributed by atoms with Crippen LogP contribution in [0.15, 0.2) is 29.6 Å². The summed E-state index contributed by atoms with van der Waals surface area (Å²) in [6.45, 7) is 1.91. The van der Waals surface area contributed by atoms with Gasteiger partial charge in [-0.25, -0.2) is 4.98 Å². The summed E-state index contributed by atoms with van der Waals surface area (Å²) in [6, 6.07) is 8.86. The Kier molecular flexibility index (Phi) is 3.70. The van der Waals surface area contributed by atoms with Crippen LogP contribution in [-0.4, -0.2) is 10.9 Å². The lowest BCUT2D eigenvalue weighted by atomic mass is 10.2. The molecule has 2 aromatic rings. The molecule has 1 aromatic carbocycles. The number of anilines is 1. The SMILES string of the molecule is Cc1nc(CC(=O)Nc2cccc(C#N)c2)cs1. The predicted octanol–water partition coefficient (Wildman–Crippen LogP) is 2.50. The molecule has 0 saturated heterocycles. The van der Waals surface area contributed by atoms with E-state index in [9.17, 15) is 4.79 Å². The first kappa shape index (κ1) is 12.3. The van der Waals surface area contributed by atoms with Gasteiger partial charge in [0.05, 0.1) is 28.8 Å². The summed E-state index contributed by atoms with van der Waals surface area (Å²) < 4.78 is 0. The largest absolute Gasteiger partial charge is 0.326 e. The van der Waals surface area contributed by atoms with Gasteiger partial charge in [0.1, 0.15) is 0 Å². The van der Waals surface area contributed by atoms with Crippen LogP contribution in [0.2, 0.25) is 0 Å². The van der Waals surface area contributed by atoms with Gasteiger partial charge in [-0.2, -0.15) is 5.26 Å². The van der Waals surface area contributed by atoms with Crippen LogP contribution in [0.4, 0.5) is 5.69 Å². The molecule has 0 bridgehead atoms. The molecule has 0 fully saturated rings. The first-order valence-electron chi connectivity index (χ1n) is 5.38. The van der Waals surface area contributed by atoms with E-state index < -0.39 is 0 Å². The molecule has 0 radical (unpaired) electrons. The number of thiazole rings is 1. The van der Waals surface area contributed by atoms with Crippen LogP contribution in [0.3, 0.4) is 0 Å². The first-order valence-corrected chi connectivity index (χ1v) is 6.26. The average Bonchev–Trinajstić information content (AvgIpc) is 2.74. The normalized spacial score (nSPS) is 9.78. The number of hydrogen-bond acceptors (Lipinski definition) is 4. The third kappa shape index (κ3) is 3.15. The topological polar surface area (TPSA) is 65.8 Å². The molecule has 1 heterocycles. The number of hydrogen-bond donors (Lipinski definition) is 1. The average molecular weight is 257 g/mol. The summed E-state index contributed by atoms with van der Waals surface area (Å²) in [7, 11) is 0. The zero-order valence-electron chi connectivity index (χ0n) is 9.80. The molecule has 0 unspecified atom stereocenters. The van der Waals surface area contributed by atoms with Crippen LogP contribution in [0.25, 0.3) is 0 Å². The van der Waals surface area contributed by atoms with E-state index in [4.69, 9.17) is 5.26 Å². The number of aryl methyl sites for hydroxylation is 1. The van der Waals surface area contributed by atoms with Gasteiger partial charge in [0, 0.05) is 11.1 Å². The Balaban J connectivity index is 2.01. The van der Waals surface area contributed by atoms with Crippen molar-refractivity contribution in [1.29, 1.82) is 5.26 Å². The Morgan fingerprint density at radius 2 is 2.39 bits per heavy atom. The van der Waals surface area contributed by atoms with E-state index in [0.29, 0.717) is 11.3 Å². The fraction of sp³-hybridized carbons (Fsp3) is 0.154. The minimum Gasteiger partial charge on any atom is -0.326 e. The summed E-state index contributed by atoms with van der Waals surface area (Å²) in [5.41, 5.74) is 1.93. The fourth-order valence-electron chi connectivity index (χ4n) is 1.53. The molecule has 4 nitrogen and oxygen atoms in total.